The molecule has 142 valence electrons. The van der Waals surface area contributed by atoms with Crippen molar-refractivity contribution < 1.29 is 17.6 Å². The lowest BCUT2D eigenvalue weighted by atomic mass is 10.1. The van der Waals surface area contributed by atoms with Gasteiger partial charge in [-0.15, -0.1) is 10.2 Å². The summed E-state index contributed by atoms with van der Waals surface area (Å²) in [6.45, 7) is 0. The van der Waals surface area contributed by atoms with Gasteiger partial charge in [-0.1, -0.05) is 12.8 Å². The van der Waals surface area contributed by atoms with Crippen molar-refractivity contribution in [2.75, 3.05) is 0 Å². The van der Waals surface area contributed by atoms with Gasteiger partial charge in [0.15, 0.2) is 35.3 Å². The molecule has 0 radical (unpaired) electrons. The monoisotopic (exact) mass is 384 g/mol. The molecule has 0 bridgehead atoms. The lowest BCUT2D eigenvalue weighted by Crippen LogP contribution is -2.00. The summed E-state index contributed by atoms with van der Waals surface area (Å²) in [7, 11) is 0. The van der Waals surface area contributed by atoms with E-state index in [-0.39, 0.29) is 17.0 Å². The quantitative estimate of drug-likeness (QED) is 0.460. The standard InChI is InChI=1S/C20H15F3N4O/c21-14-7-6-13(16(22)17(14)23)18-19(28-10-24-18)12-5-8-15-25-26-20(27(15)9-12)11-3-1-2-4-11/h5-11H,1-4H2. The van der Waals surface area contributed by atoms with Crippen LogP contribution in [0.3, 0.4) is 0 Å². The molecule has 1 aliphatic rings. The normalized spacial score (nSPS) is 15.0. The highest BCUT2D eigenvalue weighted by Gasteiger charge is 2.24. The molecule has 4 aromatic rings. The molecule has 8 heteroatoms. The third-order valence-electron chi connectivity index (χ3n) is 5.27. The van der Waals surface area contributed by atoms with E-state index in [1.165, 1.54) is 12.8 Å². The van der Waals surface area contributed by atoms with E-state index in [9.17, 15) is 13.2 Å². The van der Waals surface area contributed by atoms with E-state index in [0.717, 1.165) is 37.2 Å². The zero-order chi connectivity index (χ0) is 19.3. The second kappa shape index (κ2) is 6.47. The second-order valence-electron chi connectivity index (χ2n) is 6.94. The highest BCUT2D eigenvalue weighted by atomic mass is 19.2. The minimum Gasteiger partial charge on any atom is -0.443 e. The van der Waals surface area contributed by atoms with Crippen molar-refractivity contribution in [1.29, 1.82) is 0 Å². The van der Waals surface area contributed by atoms with Gasteiger partial charge in [0.2, 0.25) is 0 Å². The Kier molecular flexibility index (Phi) is 3.92. The minimum atomic E-state index is -1.54. The Morgan fingerprint density at radius 1 is 0.964 bits per heavy atom. The van der Waals surface area contributed by atoms with Crippen LogP contribution in [-0.2, 0) is 0 Å². The van der Waals surface area contributed by atoms with E-state index in [1.807, 2.05) is 10.6 Å². The van der Waals surface area contributed by atoms with E-state index in [2.05, 4.69) is 15.2 Å². The number of aromatic nitrogens is 4. The molecule has 0 atom stereocenters. The van der Waals surface area contributed by atoms with E-state index in [0.29, 0.717) is 17.1 Å². The molecule has 0 spiro atoms. The number of halogens is 3. The molecule has 3 heterocycles. The fourth-order valence-electron chi connectivity index (χ4n) is 3.86. The van der Waals surface area contributed by atoms with E-state index < -0.39 is 17.5 Å². The van der Waals surface area contributed by atoms with Gasteiger partial charge in [0.05, 0.1) is 0 Å². The smallest absolute Gasteiger partial charge is 0.195 e. The van der Waals surface area contributed by atoms with Crippen molar-refractivity contribution in [1.82, 2.24) is 19.6 Å². The molecule has 5 nitrogen and oxygen atoms in total. The van der Waals surface area contributed by atoms with Gasteiger partial charge >= 0.3 is 0 Å². The zero-order valence-electron chi connectivity index (χ0n) is 14.7. The van der Waals surface area contributed by atoms with Gasteiger partial charge in [0, 0.05) is 23.2 Å². The lowest BCUT2D eigenvalue weighted by Gasteiger charge is -2.08. The highest BCUT2D eigenvalue weighted by molar-refractivity contribution is 5.77. The number of oxazole rings is 1. The number of pyridine rings is 1. The molecule has 1 aromatic carbocycles. The molecule has 0 N–H and O–H groups in total. The Morgan fingerprint density at radius 3 is 2.61 bits per heavy atom. The topological polar surface area (TPSA) is 56.2 Å². The van der Waals surface area contributed by atoms with Crippen LogP contribution in [0.1, 0.15) is 37.4 Å². The molecule has 1 saturated carbocycles. The van der Waals surface area contributed by atoms with Gasteiger partial charge < -0.3 is 4.42 Å². The molecule has 0 saturated heterocycles. The third-order valence-corrected chi connectivity index (χ3v) is 5.27. The summed E-state index contributed by atoms with van der Waals surface area (Å²) in [6.07, 6.45) is 7.43. The summed E-state index contributed by atoms with van der Waals surface area (Å²) < 4.78 is 48.6. The van der Waals surface area contributed by atoms with Crippen LogP contribution in [0.25, 0.3) is 28.2 Å². The first-order chi connectivity index (χ1) is 13.6. The van der Waals surface area contributed by atoms with Gasteiger partial charge in [-0.2, -0.15) is 0 Å². The Balaban J connectivity index is 1.63. The van der Waals surface area contributed by atoms with E-state index in [1.54, 1.807) is 12.1 Å². The van der Waals surface area contributed by atoms with Crippen LogP contribution in [0.2, 0.25) is 0 Å². The van der Waals surface area contributed by atoms with Crippen LogP contribution in [0, 0.1) is 17.5 Å². The van der Waals surface area contributed by atoms with Gasteiger partial charge in [-0.05, 0) is 37.1 Å². The van der Waals surface area contributed by atoms with Crippen molar-refractivity contribution in [3.05, 3.63) is 60.1 Å². The largest absolute Gasteiger partial charge is 0.443 e. The summed E-state index contributed by atoms with van der Waals surface area (Å²) in [5.41, 5.74) is 1.25. The Labute approximate surface area is 157 Å². The molecule has 28 heavy (non-hydrogen) atoms. The number of benzene rings is 1. The molecular formula is C20H15F3N4O. The number of hydrogen-bond donors (Lipinski definition) is 0. The van der Waals surface area contributed by atoms with Crippen LogP contribution < -0.4 is 0 Å². The van der Waals surface area contributed by atoms with Crippen molar-refractivity contribution in [2.24, 2.45) is 0 Å². The number of nitrogens with zero attached hydrogens (tertiary/aromatic N) is 4. The molecule has 5 rings (SSSR count). The molecule has 0 unspecified atom stereocenters. The van der Waals surface area contributed by atoms with E-state index in [4.69, 9.17) is 4.42 Å². The Morgan fingerprint density at radius 2 is 1.79 bits per heavy atom. The summed E-state index contributed by atoms with van der Waals surface area (Å²) in [6, 6.07) is 5.56. The summed E-state index contributed by atoms with van der Waals surface area (Å²) in [4.78, 5) is 4.03. The molecule has 1 aliphatic carbocycles. The van der Waals surface area contributed by atoms with Crippen molar-refractivity contribution in [2.45, 2.75) is 31.6 Å². The van der Waals surface area contributed by atoms with Gasteiger partial charge in [0.25, 0.3) is 0 Å². The van der Waals surface area contributed by atoms with Crippen LogP contribution in [0.5, 0.6) is 0 Å². The summed E-state index contributed by atoms with van der Waals surface area (Å²) in [5, 5.41) is 8.55. The Hall–Kier alpha value is -3.16. The summed E-state index contributed by atoms with van der Waals surface area (Å²) >= 11 is 0. The SMILES string of the molecule is Fc1ccc(-c2ncoc2-c2ccc3nnc(C4CCCC4)n3c2)c(F)c1F. The van der Waals surface area contributed by atoms with Crippen LogP contribution in [-0.4, -0.2) is 19.6 Å². The first kappa shape index (κ1) is 17.0. The molecule has 0 aliphatic heterocycles. The zero-order valence-corrected chi connectivity index (χ0v) is 14.7. The highest BCUT2D eigenvalue weighted by Crippen LogP contribution is 2.36. The minimum absolute atomic E-state index is 0.103. The van der Waals surface area contributed by atoms with Gasteiger partial charge in [-0.3, -0.25) is 4.40 Å². The maximum Gasteiger partial charge on any atom is 0.195 e. The van der Waals surface area contributed by atoms with Crippen molar-refractivity contribution in [3.63, 3.8) is 0 Å². The average molecular weight is 384 g/mol. The third kappa shape index (κ3) is 2.59. The van der Waals surface area contributed by atoms with E-state index >= 15 is 0 Å². The van der Waals surface area contributed by atoms with Gasteiger partial charge in [-0.25, -0.2) is 18.2 Å². The lowest BCUT2D eigenvalue weighted by molar-refractivity contribution is 0.449. The van der Waals surface area contributed by atoms with Gasteiger partial charge in [0.1, 0.15) is 11.5 Å². The molecule has 3 aromatic heterocycles. The Bertz CT molecular complexity index is 1180. The molecule has 1 fully saturated rings. The fourth-order valence-corrected chi connectivity index (χ4v) is 3.86. The second-order valence-corrected chi connectivity index (χ2v) is 6.94. The first-order valence-corrected chi connectivity index (χ1v) is 9.06. The number of hydrogen-bond acceptors (Lipinski definition) is 4. The number of fused-ring (bicyclic) bond motifs is 1. The summed E-state index contributed by atoms with van der Waals surface area (Å²) in [5.74, 6) is -2.59. The van der Waals surface area contributed by atoms with Crippen LogP contribution >= 0.6 is 0 Å². The molecular weight excluding hydrogens is 369 g/mol. The first-order valence-electron chi connectivity index (χ1n) is 9.06. The fraction of sp³-hybridized carbons (Fsp3) is 0.250. The maximum atomic E-state index is 14.3. The predicted octanol–water partition coefficient (Wildman–Crippen LogP) is 5.13. The van der Waals surface area contributed by atoms with Crippen LogP contribution in [0.15, 0.2) is 41.3 Å². The number of rotatable bonds is 3. The van der Waals surface area contributed by atoms with Crippen molar-refractivity contribution >= 4 is 5.65 Å². The van der Waals surface area contributed by atoms with Crippen LogP contribution in [0.4, 0.5) is 13.2 Å². The van der Waals surface area contributed by atoms with Crippen molar-refractivity contribution in [3.8, 4) is 22.6 Å². The average Bonchev–Trinajstić information content (AvgIpc) is 3.45. The predicted molar refractivity (Wildman–Crippen MR) is 95.0 cm³/mol. The maximum absolute atomic E-state index is 14.3. The molecule has 0 amide bonds.